The highest BCUT2D eigenvalue weighted by atomic mass is 32.2. The standard InChI is InChI=1S/C9H13N3O2S/c1-4-5-6-10-15(13,14)9-7-12(3)8(2)11-9/h1,7,10H,5-6H2,2-3H3. The lowest BCUT2D eigenvalue weighted by molar-refractivity contribution is 0.579. The zero-order valence-corrected chi connectivity index (χ0v) is 9.50. The van der Waals surface area contributed by atoms with Crippen molar-refractivity contribution in [2.75, 3.05) is 6.54 Å². The summed E-state index contributed by atoms with van der Waals surface area (Å²) in [5.74, 6) is 3.00. The van der Waals surface area contributed by atoms with E-state index in [1.165, 1.54) is 6.20 Å². The van der Waals surface area contributed by atoms with E-state index in [1.54, 1.807) is 18.5 Å². The smallest absolute Gasteiger partial charge is 0.259 e. The highest BCUT2D eigenvalue weighted by Gasteiger charge is 2.17. The maximum absolute atomic E-state index is 11.6. The lowest BCUT2D eigenvalue weighted by atomic mass is 10.5. The molecule has 0 saturated heterocycles. The molecule has 0 fully saturated rings. The van der Waals surface area contributed by atoms with Crippen LogP contribution in [0.25, 0.3) is 0 Å². The normalized spacial score (nSPS) is 11.3. The summed E-state index contributed by atoms with van der Waals surface area (Å²) >= 11 is 0. The third-order valence-corrected chi connectivity index (χ3v) is 3.25. The Morgan fingerprint density at radius 2 is 2.33 bits per heavy atom. The van der Waals surface area contributed by atoms with Crippen LogP contribution in [0, 0.1) is 19.3 Å². The Kier molecular flexibility index (Phi) is 3.50. The number of sulfonamides is 1. The molecule has 0 bridgehead atoms. The minimum absolute atomic E-state index is 0.0273. The Hall–Kier alpha value is -1.32. The van der Waals surface area contributed by atoms with Gasteiger partial charge in [-0.2, -0.15) is 0 Å². The summed E-state index contributed by atoms with van der Waals surface area (Å²) in [6.07, 6.45) is 6.85. The quantitative estimate of drug-likeness (QED) is 0.583. The molecule has 0 aromatic carbocycles. The maximum atomic E-state index is 11.6. The zero-order chi connectivity index (χ0) is 11.5. The van der Waals surface area contributed by atoms with Gasteiger partial charge >= 0.3 is 0 Å². The first kappa shape index (κ1) is 11.8. The molecule has 0 radical (unpaired) electrons. The van der Waals surface area contributed by atoms with Crippen molar-refractivity contribution in [3.8, 4) is 12.3 Å². The van der Waals surface area contributed by atoms with Gasteiger partial charge in [0.05, 0.1) is 0 Å². The molecule has 1 heterocycles. The molecule has 0 amide bonds. The summed E-state index contributed by atoms with van der Waals surface area (Å²) < 4.78 is 27.3. The number of aromatic nitrogens is 2. The van der Waals surface area contributed by atoms with Crippen molar-refractivity contribution < 1.29 is 8.42 Å². The molecule has 0 aliphatic rings. The van der Waals surface area contributed by atoms with Crippen LogP contribution < -0.4 is 4.72 Å². The van der Waals surface area contributed by atoms with E-state index in [0.29, 0.717) is 12.2 Å². The topological polar surface area (TPSA) is 64.0 Å². The molecule has 1 rings (SSSR count). The van der Waals surface area contributed by atoms with Gasteiger partial charge in [0.2, 0.25) is 0 Å². The predicted molar refractivity (Wildman–Crippen MR) is 56.6 cm³/mol. The van der Waals surface area contributed by atoms with E-state index in [-0.39, 0.29) is 11.6 Å². The van der Waals surface area contributed by atoms with E-state index in [0.717, 1.165) is 0 Å². The molecule has 0 atom stereocenters. The van der Waals surface area contributed by atoms with E-state index in [9.17, 15) is 8.42 Å². The van der Waals surface area contributed by atoms with Crippen LogP contribution in [-0.2, 0) is 17.1 Å². The molecule has 6 heteroatoms. The molecule has 0 saturated carbocycles. The Labute approximate surface area is 89.6 Å². The molecule has 1 N–H and O–H groups in total. The van der Waals surface area contributed by atoms with Gasteiger partial charge in [0.15, 0.2) is 5.03 Å². The van der Waals surface area contributed by atoms with Crippen molar-refractivity contribution >= 4 is 10.0 Å². The fourth-order valence-corrected chi connectivity index (χ4v) is 2.06. The highest BCUT2D eigenvalue weighted by Crippen LogP contribution is 2.06. The summed E-state index contributed by atoms with van der Waals surface area (Å²) in [6.45, 7) is 1.97. The van der Waals surface area contributed by atoms with Crippen LogP contribution >= 0.6 is 0 Å². The number of terminal acetylenes is 1. The minimum Gasteiger partial charge on any atom is -0.337 e. The van der Waals surface area contributed by atoms with Crippen LogP contribution in [0.1, 0.15) is 12.2 Å². The van der Waals surface area contributed by atoms with Gasteiger partial charge in [-0.15, -0.1) is 12.3 Å². The van der Waals surface area contributed by atoms with Gasteiger partial charge in [0.1, 0.15) is 5.82 Å². The van der Waals surface area contributed by atoms with Gasteiger partial charge in [0.25, 0.3) is 10.0 Å². The lowest BCUT2D eigenvalue weighted by Crippen LogP contribution is -2.24. The summed E-state index contributed by atoms with van der Waals surface area (Å²) in [7, 11) is -1.77. The average Bonchev–Trinajstić information content (AvgIpc) is 2.48. The molecule has 82 valence electrons. The summed E-state index contributed by atoms with van der Waals surface area (Å²) in [4.78, 5) is 3.92. The minimum atomic E-state index is -3.51. The molecule has 1 aromatic rings. The Morgan fingerprint density at radius 3 is 2.80 bits per heavy atom. The lowest BCUT2D eigenvalue weighted by Gasteiger charge is -2.00. The summed E-state index contributed by atoms with van der Waals surface area (Å²) in [5, 5.41) is 0.0273. The molecule has 15 heavy (non-hydrogen) atoms. The average molecular weight is 227 g/mol. The highest BCUT2D eigenvalue weighted by molar-refractivity contribution is 7.89. The number of nitrogens with one attached hydrogen (secondary N) is 1. The fraction of sp³-hybridized carbons (Fsp3) is 0.444. The van der Waals surface area contributed by atoms with Gasteiger partial charge in [-0.1, -0.05) is 0 Å². The van der Waals surface area contributed by atoms with Crippen molar-refractivity contribution in [3.63, 3.8) is 0 Å². The zero-order valence-electron chi connectivity index (χ0n) is 8.69. The molecule has 0 aliphatic carbocycles. The first-order valence-electron chi connectivity index (χ1n) is 4.40. The Balaban J connectivity index is 2.83. The van der Waals surface area contributed by atoms with Crippen molar-refractivity contribution in [2.45, 2.75) is 18.4 Å². The second kappa shape index (κ2) is 4.47. The van der Waals surface area contributed by atoms with Gasteiger partial charge < -0.3 is 4.57 Å². The van der Waals surface area contributed by atoms with E-state index in [2.05, 4.69) is 15.6 Å². The summed E-state index contributed by atoms with van der Waals surface area (Å²) in [5.41, 5.74) is 0. The number of rotatable bonds is 4. The van der Waals surface area contributed by atoms with Crippen LogP contribution in [0.15, 0.2) is 11.2 Å². The van der Waals surface area contributed by atoms with Crippen molar-refractivity contribution in [1.29, 1.82) is 0 Å². The number of imidazole rings is 1. The van der Waals surface area contributed by atoms with E-state index < -0.39 is 10.0 Å². The molecular formula is C9H13N3O2S. The van der Waals surface area contributed by atoms with Crippen LogP contribution in [0.2, 0.25) is 0 Å². The van der Waals surface area contributed by atoms with Crippen LogP contribution in [-0.4, -0.2) is 24.5 Å². The van der Waals surface area contributed by atoms with Crippen LogP contribution in [0.5, 0.6) is 0 Å². The van der Waals surface area contributed by atoms with Gasteiger partial charge in [-0.05, 0) is 6.92 Å². The second-order valence-electron chi connectivity index (χ2n) is 3.09. The maximum Gasteiger partial charge on any atom is 0.259 e. The number of hydrogen-bond acceptors (Lipinski definition) is 3. The SMILES string of the molecule is C#CCCNS(=O)(=O)c1cn(C)c(C)n1. The third kappa shape index (κ3) is 2.81. The van der Waals surface area contributed by atoms with Gasteiger partial charge in [0, 0.05) is 26.2 Å². The van der Waals surface area contributed by atoms with Crippen LogP contribution in [0.3, 0.4) is 0 Å². The molecule has 5 nitrogen and oxygen atoms in total. The van der Waals surface area contributed by atoms with Crippen molar-refractivity contribution in [1.82, 2.24) is 14.3 Å². The number of aryl methyl sites for hydroxylation is 2. The molecule has 1 aromatic heterocycles. The molecule has 0 spiro atoms. The van der Waals surface area contributed by atoms with Gasteiger partial charge in [-0.3, -0.25) is 0 Å². The second-order valence-corrected chi connectivity index (χ2v) is 4.80. The molecule has 0 aliphatic heterocycles. The van der Waals surface area contributed by atoms with E-state index >= 15 is 0 Å². The number of nitrogens with zero attached hydrogens (tertiary/aromatic N) is 2. The van der Waals surface area contributed by atoms with Crippen LogP contribution in [0.4, 0.5) is 0 Å². The number of hydrogen-bond donors (Lipinski definition) is 1. The van der Waals surface area contributed by atoms with Crippen molar-refractivity contribution in [2.24, 2.45) is 7.05 Å². The Bertz CT molecular complexity index is 462. The fourth-order valence-electron chi connectivity index (χ4n) is 0.987. The van der Waals surface area contributed by atoms with Crippen molar-refractivity contribution in [3.05, 3.63) is 12.0 Å². The molecule has 0 unspecified atom stereocenters. The van der Waals surface area contributed by atoms with E-state index in [1.807, 2.05) is 0 Å². The monoisotopic (exact) mass is 227 g/mol. The summed E-state index contributed by atoms with van der Waals surface area (Å²) in [6, 6.07) is 0. The Morgan fingerprint density at radius 1 is 1.67 bits per heavy atom. The van der Waals surface area contributed by atoms with Gasteiger partial charge in [-0.25, -0.2) is 18.1 Å². The third-order valence-electron chi connectivity index (χ3n) is 1.92. The first-order chi connectivity index (χ1) is 6.97. The predicted octanol–water partition coefficient (Wildman–Crippen LogP) is 0.0301. The molecular weight excluding hydrogens is 214 g/mol. The first-order valence-corrected chi connectivity index (χ1v) is 5.89. The van der Waals surface area contributed by atoms with E-state index in [4.69, 9.17) is 6.42 Å². The largest absolute Gasteiger partial charge is 0.337 e.